The fraction of sp³-hybridized carbons (Fsp3) is 0.316. The van der Waals surface area contributed by atoms with Gasteiger partial charge in [-0.1, -0.05) is 30.3 Å². The number of alkyl halides is 3. The van der Waals surface area contributed by atoms with Crippen molar-refractivity contribution in [2.45, 2.75) is 17.0 Å². The summed E-state index contributed by atoms with van der Waals surface area (Å²) >= 11 is 0.576. The molecule has 1 fully saturated rings. The summed E-state index contributed by atoms with van der Waals surface area (Å²) in [4.78, 5) is 13.0. The maximum atomic E-state index is 14.2. The van der Waals surface area contributed by atoms with Gasteiger partial charge in [0.15, 0.2) is 5.78 Å². The predicted octanol–water partition coefficient (Wildman–Crippen LogP) is 4.06. The summed E-state index contributed by atoms with van der Waals surface area (Å²) in [6.45, 7) is 0. The first-order valence-corrected chi connectivity index (χ1v) is 8.92. The van der Waals surface area contributed by atoms with Crippen LogP contribution in [0.1, 0.15) is 15.9 Å². The summed E-state index contributed by atoms with van der Waals surface area (Å²) in [5, 5.41) is 10.3. The molecule has 26 heavy (non-hydrogen) atoms. The Morgan fingerprint density at radius 1 is 1.15 bits per heavy atom. The van der Waals surface area contributed by atoms with Crippen LogP contribution in [-0.4, -0.2) is 36.0 Å². The van der Waals surface area contributed by atoms with Crippen LogP contribution in [0.15, 0.2) is 54.6 Å². The zero-order valence-electron chi connectivity index (χ0n) is 13.9. The Balaban J connectivity index is 2.10. The monoisotopic (exact) mass is 382 g/mol. The number of rotatable bonds is 4. The topological polar surface area (TPSA) is 46.5 Å². The molecule has 1 N–H and O–H groups in total. The van der Waals surface area contributed by atoms with Gasteiger partial charge in [0, 0.05) is 11.3 Å². The highest BCUT2D eigenvalue weighted by Gasteiger charge is 2.67. The highest BCUT2D eigenvalue weighted by molar-refractivity contribution is 8.00. The predicted molar refractivity (Wildman–Crippen MR) is 93.5 cm³/mol. The SMILES string of the molecule is COc1ccc(C(=O)[C@@H]2[C@H](O)CS[C@@]2(c2ccccc2)C(F)(F)F)cc1. The molecular weight excluding hydrogens is 365 g/mol. The van der Waals surface area contributed by atoms with E-state index in [1.165, 1.54) is 55.6 Å². The van der Waals surface area contributed by atoms with Crippen LogP contribution in [0.4, 0.5) is 13.2 Å². The van der Waals surface area contributed by atoms with Gasteiger partial charge < -0.3 is 9.84 Å². The molecule has 3 atom stereocenters. The Bertz CT molecular complexity index is 777. The van der Waals surface area contributed by atoms with Crippen molar-refractivity contribution >= 4 is 17.5 Å². The Morgan fingerprint density at radius 3 is 2.31 bits per heavy atom. The Kier molecular flexibility index (Phi) is 5.03. The summed E-state index contributed by atoms with van der Waals surface area (Å²) in [5.74, 6) is -2.02. The van der Waals surface area contributed by atoms with Crippen LogP contribution in [-0.2, 0) is 4.75 Å². The molecule has 0 aromatic heterocycles. The number of methoxy groups -OCH3 is 1. The Morgan fingerprint density at radius 2 is 1.77 bits per heavy atom. The van der Waals surface area contributed by atoms with Gasteiger partial charge in [0.05, 0.1) is 19.1 Å². The second-order valence-corrected chi connectivity index (χ2v) is 7.31. The van der Waals surface area contributed by atoms with Crippen molar-refractivity contribution in [2.75, 3.05) is 12.9 Å². The Labute approximate surface area is 153 Å². The summed E-state index contributed by atoms with van der Waals surface area (Å²) in [7, 11) is 1.46. The number of hydrogen-bond donors (Lipinski definition) is 1. The molecule has 138 valence electrons. The molecule has 0 radical (unpaired) electrons. The van der Waals surface area contributed by atoms with Crippen LogP contribution >= 0.6 is 11.8 Å². The van der Waals surface area contributed by atoms with Gasteiger partial charge in [-0.15, -0.1) is 11.8 Å². The average Bonchev–Trinajstić information content (AvgIpc) is 3.00. The first kappa shape index (κ1) is 18.8. The van der Waals surface area contributed by atoms with Gasteiger partial charge in [-0.25, -0.2) is 0 Å². The molecule has 2 aromatic carbocycles. The number of ether oxygens (including phenoxy) is 1. The molecule has 2 aromatic rings. The molecule has 1 aliphatic rings. The second-order valence-electron chi connectivity index (χ2n) is 6.05. The Hall–Kier alpha value is -1.99. The minimum absolute atomic E-state index is 0.0269. The summed E-state index contributed by atoms with van der Waals surface area (Å²) in [6, 6.07) is 13.2. The lowest BCUT2D eigenvalue weighted by atomic mass is 9.77. The molecule has 0 aliphatic carbocycles. The van der Waals surface area contributed by atoms with Gasteiger partial charge in [0.1, 0.15) is 10.5 Å². The standard InChI is InChI=1S/C19H17F3O3S/c1-25-14-9-7-12(8-10-14)17(24)16-15(23)11-26-18(16,19(20,21)22)13-5-3-2-4-6-13/h2-10,15-16,23H,11H2,1H3/t15-,16+,18-/m1/s1. The van der Waals surface area contributed by atoms with E-state index in [0.717, 1.165) is 0 Å². The van der Waals surface area contributed by atoms with E-state index in [-0.39, 0.29) is 16.9 Å². The van der Waals surface area contributed by atoms with Gasteiger partial charge in [-0.2, -0.15) is 13.2 Å². The van der Waals surface area contributed by atoms with Crippen molar-refractivity contribution in [3.05, 3.63) is 65.7 Å². The molecular formula is C19H17F3O3S. The fourth-order valence-corrected chi connectivity index (χ4v) is 4.87. The molecule has 0 amide bonds. The molecule has 3 rings (SSSR count). The van der Waals surface area contributed by atoms with Crippen LogP contribution in [0.25, 0.3) is 0 Å². The molecule has 0 saturated carbocycles. The number of halogens is 3. The molecule has 7 heteroatoms. The zero-order valence-corrected chi connectivity index (χ0v) is 14.7. The lowest BCUT2D eigenvalue weighted by Gasteiger charge is -2.36. The average molecular weight is 382 g/mol. The van der Waals surface area contributed by atoms with E-state index < -0.39 is 28.7 Å². The van der Waals surface area contributed by atoms with Gasteiger partial charge in [0.2, 0.25) is 0 Å². The van der Waals surface area contributed by atoms with Crippen LogP contribution in [0.3, 0.4) is 0 Å². The van der Waals surface area contributed by atoms with Gasteiger partial charge in [-0.3, -0.25) is 4.79 Å². The molecule has 3 nitrogen and oxygen atoms in total. The van der Waals surface area contributed by atoms with Crippen molar-refractivity contribution < 1.29 is 27.8 Å². The number of benzene rings is 2. The summed E-state index contributed by atoms with van der Waals surface area (Å²) in [6.07, 6.45) is -6.10. The fourth-order valence-electron chi connectivity index (χ4n) is 3.34. The van der Waals surface area contributed by atoms with Crippen molar-refractivity contribution in [3.63, 3.8) is 0 Å². The van der Waals surface area contributed by atoms with Crippen molar-refractivity contribution in [3.8, 4) is 5.75 Å². The molecule has 0 spiro atoms. The van der Waals surface area contributed by atoms with E-state index in [1.807, 2.05) is 0 Å². The minimum Gasteiger partial charge on any atom is -0.497 e. The second kappa shape index (κ2) is 6.96. The summed E-state index contributed by atoms with van der Waals surface area (Å²) < 4.78 is 45.2. The van der Waals surface area contributed by atoms with E-state index in [9.17, 15) is 23.1 Å². The van der Waals surface area contributed by atoms with E-state index in [1.54, 1.807) is 6.07 Å². The number of ketones is 1. The number of aliphatic hydroxyl groups is 1. The van der Waals surface area contributed by atoms with Gasteiger partial charge in [-0.05, 0) is 29.8 Å². The minimum atomic E-state index is -4.71. The quantitative estimate of drug-likeness (QED) is 0.810. The highest BCUT2D eigenvalue weighted by atomic mass is 32.2. The maximum Gasteiger partial charge on any atom is 0.408 e. The molecule has 1 saturated heterocycles. The van der Waals surface area contributed by atoms with E-state index in [2.05, 4.69) is 0 Å². The number of Topliss-reactive ketones (excluding diaryl/α,β-unsaturated/α-hetero) is 1. The van der Waals surface area contributed by atoms with E-state index in [4.69, 9.17) is 4.74 Å². The molecule has 1 aliphatic heterocycles. The number of aliphatic hydroxyl groups excluding tert-OH is 1. The van der Waals surface area contributed by atoms with E-state index >= 15 is 0 Å². The zero-order chi connectivity index (χ0) is 18.9. The highest BCUT2D eigenvalue weighted by Crippen LogP contribution is 2.60. The molecule has 0 bridgehead atoms. The molecule has 0 unspecified atom stereocenters. The third kappa shape index (κ3) is 2.99. The number of hydrogen-bond acceptors (Lipinski definition) is 4. The van der Waals surface area contributed by atoms with Gasteiger partial charge in [0.25, 0.3) is 0 Å². The normalized spacial score (nSPS) is 25.9. The first-order chi connectivity index (χ1) is 12.3. The number of thioether (sulfide) groups is 1. The number of carbonyl (C=O) groups is 1. The lowest BCUT2D eigenvalue weighted by molar-refractivity contribution is -0.174. The summed E-state index contributed by atoms with van der Waals surface area (Å²) in [5.41, 5.74) is 0.0859. The van der Waals surface area contributed by atoms with Crippen LogP contribution in [0.2, 0.25) is 0 Å². The van der Waals surface area contributed by atoms with Crippen LogP contribution in [0, 0.1) is 5.92 Å². The van der Waals surface area contributed by atoms with Crippen LogP contribution < -0.4 is 4.74 Å². The molecule has 1 heterocycles. The lowest BCUT2D eigenvalue weighted by Crippen LogP contribution is -2.49. The smallest absolute Gasteiger partial charge is 0.408 e. The largest absolute Gasteiger partial charge is 0.497 e. The van der Waals surface area contributed by atoms with E-state index in [0.29, 0.717) is 17.5 Å². The third-order valence-electron chi connectivity index (χ3n) is 4.59. The van der Waals surface area contributed by atoms with Crippen LogP contribution in [0.5, 0.6) is 5.75 Å². The first-order valence-electron chi connectivity index (χ1n) is 7.94. The van der Waals surface area contributed by atoms with Crippen molar-refractivity contribution in [1.82, 2.24) is 0 Å². The maximum absolute atomic E-state index is 14.2. The third-order valence-corrected chi connectivity index (χ3v) is 6.27. The number of carbonyl (C=O) groups excluding carboxylic acids is 1. The van der Waals surface area contributed by atoms with Crippen molar-refractivity contribution in [1.29, 1.82) is 0 Å². The van der Waals surface area contributed by atoms with Crippen molar-refractivity contribution in [2.24, 2.45) is 5.92 Å². The van der Waals surface area contributed by atoms with Gasteiger partial charge >= 0.3 is 6.18 Å².